The first-order valence-corrected chi connectivity index (χ1v) is 8.96. The van der Waals surface area contributed by atoms with E-state index in [9.17, 15) is 4.79 Å². The van der Waals surface area contributed by atoms with E-state index in [0.717, 1.165) is 5.56 Å². The zero-order valence-electron chi connectivity index (χ0n) is 13.6. The molecule has 130 valence electrons. The van der Waals surface area contributed by atoms with Crippen LogP contribution in [-0.4, -0.2) is 33.3 Å². The van der Waals surface area contributed by atoms with Crippen LogP contribution in [0, 0.1) is 0 Å². The van der Waals surface area contributed by atoms with E-state index in [1.165, 1.54) is 17.7 Å². The first kappa shape index (κ1) is 17.6. The molecule has 0 spiro atoms. The van der Waals surface area contributed by atoms with Gasteiger partial charge in [0.1, 0.15) is 10.7 Å². The molecule has 3 aromatic rings. The molecule has 1 aromatic carbocycles. The highest BCUT2D eigenvalue weighted by Gasteiger charge is 2.19. The molecule has 0 aliphatic heterocycles. The van der Waals surface area contributed by atoms with Crippen molar-refractivity contribution in [3.8, 4) is 11.4 Å². The van der Waals surface area contributed by atoms with Crippen LogP contribution in [0.2, 0.25) is 4.34 Å². The lowest BCUT2D eigenvalue weighted by atomic mass is 10.1. The number of hydrogen-bond acceptors (Lipinski definition) is 5. The number of amides is 1. The lowest BCUT2D eigenvalue weighted by Crippen LogP contribution is -2.41. The van der Waals surface area contributed by atoms with Gasteiger partial charge in [-0.2, -0.15) is 5.10 Å². The normalized spacial score (nSPS) is 12.1. The summed E-state index contributed by atoms with van der Waals surface area (Å²) >= 11 is 7.50. The Kier molecular flexibility index (Phi) is 5.47. The minimum absolute atomic E-state index is 0.144. The van der Waals surface area contributed by atoms with E-state index in [-0.39, 0.29) is 11.9 Å². The Balaban J connectivity index is 1.73. The maximum absolute atomic E-state index is 12.6. The van der Waals surface area contributed by atoms with Crippen molar-refractivity contribution in [1.29, 1.82) is 0 Å². The van der Waals surface area contributed by atoms with Gasteiger partial charge in [0.25, 0.3) is 5.91 Å². The molecule has 6 nitrogen and oxygen atoms in total. The van der Waals surface area contributed by atoms with Crippen LogP contribution < -0.4 is 11.1 Å². The van der Waals surface area contributed by atoms with Crippen molar-refractivity contribution in [2.24, 2.45) is 12.8 Å². The average molecular weight is 376 g/mol. The summed E-state index contributed by atoms with van der Waals surface area (Å²) in [6.07, 6.45) is 2.13. The summed E-state index contributed by atoms with van der Waals surface area (Å²) in [5.41, 5.74) is 7.65. The molecule has 1 unspecified atom stereocenters. The van der Waals surface area contributed by atoms with Gasteiger partial charge in [-0.3, -0.25) is 4.79 Å². The highest BCUT2D eigenvalue weighted by molar-refractivity contribution is 7.18. The number of carbonyl (C=O) groups is 1. The Morgan fingerprint density at radius 3 is 2.80 bits per heavy atom. The number of carbonyl (C=O) groups excluding carboxylic acids is 1. The zero-order valence-corrected chi connectivity index (χ0v) is 15.2. The summed E-state index contributed by atoms with van der Waals surface area (Å²) in [5.74, 6) is 0.437. The van der Waals surface area contributed by atoms with Crippen molar-refractivity contribution >= 4 is 28.8 Å². The molecular weight excluding hydrogens is 358 g/mol. The number of benzene rings is 1. The second kappa shape index (κ2) is 7.77. The Hall–Kier alpha value is -2.22. The molecule has 0 fully saturated rings. The topological polar surface area (TPSA) is 85.8 Å². The minimum atomic E-state index is -0.188. The number of nitrogens with zero attached hydrogens (tertiary/aromatic N) is 3. The molecule has 25 heavy (non-hydrogen) atoms. The van der Waals surface area contributed by atoms with Gasteiger partial charge in [-0.05, 0) is 18.1 Å². The van der Waals surface area contributed by atoms with Gasteiger partial charge in [-0.1, -0.05) is 41.9 Å². The molecular formula is C17H18ClN5OS. The molecule has 0 saturated carbocycles. The number of hydrogen-bond donors (Lipinski definition) is 2. The third kappa shape index (κ3) is 4.07. The summed E-state index contributed by atoms with van der Waals surface area (Å²) in [7, 11) is 1.78. The maximum atomic E-state index is 12.6. The van der Waals surface area contributed by atoms with Gasteiger partial charge >= 0.3 is 0 Å². The molecule has 0 bridgehead atoms. The van der Waals surface area contributed by atoms with Crippen LogP contribution >= 0.6 is 22.9 Å². The average Bonchev–Trinajstić information content (AvgIpc) is 3.20. The molecule has 0 saturated heterocycles. The van der Waals surface area contributed by atoms with Crippen LogP contribution in [0.5, 0.6) is 0 Å². The van der Waals surface area contributed by atoms with E-state index in [0.29, 0.717) is 33.6 Å². The molecule has 0 radical (unpaired) electrons. The van der Waals surface area contributed by atoms with Crippen molar-refractivity contribution < 1.29 is 4.79 Å². The number of nitrogens with two attached hydrogens (primary N) is 1. The third-order valence-electron chi connectivity index (χ3n) is 3.81. The van der Waals surface area contributed by atoms with Crippen LogP contribution in [0.4, 0.5) is 0 Å². The quantitative estimate of drug-likeness (QED) is 0.693. The highest BCUT2D eigenvalue weighted by Crippen LogP contribution is 2.34. The van der Waals surface area contributed by atoms with E-state index in [1.807, 2.05) is 30.3 Å². The molecule has 0 aliphatic rings. The number of aromatic nitrogens is 3. The van der Waals surface area contributed by atoms with Crippen molar-refractivity contribution in [3.05, 3.63) is 57.5 Å². The van der Waals surface area contributed by atoms with Crippen LogP contribution in [0.1, 0.15) is 15.2 Å². The molecule has 1 amide bonds. The first-order chi connectivity index (χ1) is 12.1. The van der Waals surface area contributed by atoms with Gasteiger partial charge < -0.3 is 11.1 Å². The second-order valence-corrected chi connectivity index (χ2v) is 7.26. The molecule has 3 N–H and O–H groups in total. The minimum Gasteiger partial charge on any atom is -0.347 e. The van der Waals surface area contributed by atoms with Crippen molar-refractivity contribution in [1.82, 2.24) is 20.1 Å². The van der Waals surface area contributed by atoms with Crippen molar-refractivity contribution in [3.63, 3.8) is 0 Å². The van der Waals surface area contributed by atoms with Gasteiger partial charge in [0, 0.05) is 25.2 Å². The summed E-state index contributed by atoms with van der Waals surface area (Å²) < 4.78 is 2.13. The van der Waals surface area contributed by atoms with Crippen molar-refractivity contribution in [2.45, 2.75) is 12.5 Å². The van der Waals surface area contributed by atoms with E-state index >= 15 is 0 Å². The molecule has 3 rings (SSSR count). The highest BCUT2D eigenvalue weighted by atomic mass is 35.5. The molecule has 2 heterocycles. The Bertz CT molecular complexity index is 861. The van der Waals surface area contributed by atoms with Gasteiger partial charge in [-0.25, -0.2) is 9.67 Å². The summed E-state index contributed by atoms with van der Waals surface area (Å²) in [4.78, 5) is 17.3. The molecule has 1 atom stereocenters. The Morgan fingerprint density at radius 1 is 1.40 bits per heavy atom. The second-order valence-electron chi connectivity index (χ2n) is 5.60. The number of halogens is 1. The monoisotopic (exact) mass is 375 g/mol. The predicted octanol–water partition coefficient (Wildman–Crippen LogP) is 2.50. The number of rotatable bonds is 6. The zero-order chi connectivity index (χ0) is 17.8. The Morgan fingerprint density at radius 2 is 2.16 bits per heavy atom. The van der Waals surface area contributed by atoms with Crippen LogP contribution in [-0.2, 0) is 13.5 Å². The lowest BCUT2D eigenvalue weighted by Gasteiger charge is -2.16. The molecule has 2 aromatic heterocycles. The van der Waals surface area contributed by atoms with Gasteiger partial charge in [0.15, 0.2) is 5.82 Å². The van der Waals surface area contributed by atoms with Crippen LogP contribution in [0.3, 0.4) is 0 Å². The number of aryl methyl sites for hydroxylation is 1. The van der Waals surface area contributed by atoms with Crippen LogP contribution in [0.25, 0.3) is 11.4 Å². The molecule has 0 aliphatic carbocycles. The van der Waals surface area contributed by atoms with E-state index < -0.39 is 0 Å². The smallest absolute Gasteiger partial charge is 0.261 e. The maximum Gasteiger partial charge on any atom is 0.261 e. The van der Waals surface area contributed by atoms with Gasteiger partial charge in [0.2, 0.25) is 0 Å². The van der Waals surface area contributed by atoms with E-state index in [4.69, 9.17) is 17.3 Å². The van der Waals surface area contributed by atoms with Crippen molar-refractivity contribution in [2.75, 3.05) is 6.54 Å². The Labute approximate surface area is 154 Å². The van der Waals surface area contributed by atoms with Crippen LogP contribution in [0.15, 0.2) is 42.7 Å². The predicted molar refractivity (Wildman–Crippen MR) is 99.8 cm³/mol. The molecule has 8 heteroatoms. The fourth-order valence-corrected chi connectivity index (χ4v) is 3.69. The standard InChI is InChI=1S/C17H18ClN5OS/c1-23-16(20-10-21-23)13-8-14(25-15(13)18)17(24)22-12(9-19)7-11-5-3-2-4-6-11/h2-6,8,10,12H,7,9,19H2,1H3,(H,22,24). The summed E-state index contributed by atoms with van der Waals surface area (Å²) in [6.45, 7) is 0.357. The SMILES string of the molecule is Cn1ncnc1-c1cc(C(=O)NC(CN)Cc2ccccc2)sc1Cl. The first-order valence-electron chi connectivity index (χ1n) is 7.77. The summed E-state index contributed by atoms with van der Waals surface area (Å²) in [5, 5.41) is 7.01. The summed E-state index contributed by atoms with van der Waals surface area (Å²) in [6, 6.07) is 11.5. The van der Waals surface area contributed by atoms with E-state index in [1.54, 1.807) is 17.8 Å². The number of thiophene rings is 1. The van der Waals surface area contributed by atoms with E-state index in [2.05, 4.69) is 15.4 Å². The fourth-order valence-electron chi connectivity index (χ4n) is 2.52. The third-order valence-corrected chi connectivity index (χ3v) is 5.16. The largest absolute Gasteiger partial charge is 0.347 e. The lowest BCUT2D eigenvalue weighted by molar-refractivity contribution is 0.0942. The van der Waals surface area contributed by atoms with Gasteiger partial charge in [-0.15, -0.1) is 11.3 Å². The number of nitrogens with one attached hydrogen (secondary N) is 1. The fraction of sp³-hybridized carbons (Fsp3) is 0.235. The van der Waals surface area contributed by atoms with Gasteiger partial charge in [0.05, 0.1) is 4.88 Å².